The summed E-state index contributed by atoms with van der Waals surface area (Å²) in [4.78, 5) is 14.9. The molecule has 21 heavy (non-hydrogen) atoms. The molecule has 1 aliphatic carbocycles. The Bertz CT molecular complexity index is 331. The standard InChI is InChI=1S/C17H34N2O2/c1-7-19(12-13(2)3)15-9-8-10-17(11-15,16(20)21-6)18-14(4)5/h13-15,18H,7-12H2,1-6H3. The topological polar surface area (TPSA) is 41.6 Å². The average Bonchev–Trinajstić information content (AvgIpc) is 2.43. The zero-order valence-corrected chi connectivity index (χ0v) is 14.7. The van der Waals surface area contributed by atoms with E-state index in [0.29, 0.717) is 12.0 Å². The molecule has 0 heterocycles. The molecular formula is C17H34N2O2. The molecule has 124 valence electrons. The van der Waals surface area contributed by atoms with Gasteiger partial charge in [-0.2, -0.15) is 0 Å². The van der Waals surface area contributed by atoms with E-state index in [-0.39, 0.29) is 12.0 Å². The van der Waals surface area contributed by atoms with Gasteiger partial charge in [0.2, 0.25) is 0 Å². The molecule has 0 aromatic rings. The van der Waals surface area contributed by atoms with E-state index in [1.165, 1.54) is 13.5 Å². The Balaban J connectivity index is 2.88. The van der Waals surface area contributed by atoms with Crippen LogP contribution in [0.2, 0.25) is 0 Å². The van der Waals surface area contributed by atoms with Crippen molar-refractivity contribution in [3.8, 4) is 0 Å². The predicted molar refractivity (Wildman–Crippen MR) is 87.4 cm³/mol. The van der Waals surface area contributed by atoms with Gasteiger partial charge >= 0.3 is 5.97 Å². The Morgan fingerprint density at radius 3 is 2.52 bits per heavy atom. The highest BCUT2D eigenvalue weighted by molar-refractivity contribution is 5.81. The fourth-order valence-electron chi connectivity index (χ4n) is 3.69. The van der Waals surface area contributed by atoms with Crippen LogP contribution in [0.4, 0.5) is 0 Å². The maximum atomic E-state index is 12.4. The second-order valence-corrected chi connectivity index (χ2v) is 7.10. The maximum absolute atomic E-state index is 12.4. The summed E-state index contributed by atoms with van der Waals surface area (Å²) in [5, 5.41) is 3.51. The molecule has 4 heteroatoms. The minimum absolute atomic E-state index is 0.0958. The quantitative estimate of drug-likeness (QED) is 0.734. The van der Waals surface area contributed by atoms with Gasteiger partial charge < -0.3 is 9.64 Å². The number of carbonyl (C=O) groups is 1. The zero-order valence-electron chi connectivity index (χ0n) is 14.7. The molecule has 0 aromatic carbocycles. The van der Waals surface area contributed by atoms with Crippen molar-refractivity contribution in [3.05, 3.63) is 0 Å². The van der Waals surface area contributed by atoms with E-state index in [1.807, 2.05) is 0 Å². The first-order valence-corrected chi connectivity index (χ1v) is 8.44. The third-order valence-electron chi connectivity index (χ3n) is 4.39. The summed E-state index contributed by atoms with van der Waals surface area (Å²) >= 11 is 0. The SMILES string of the molecule is CCN(CC(C)C)C1CCCC(NC(C)C)(C(=O)OC)C1. The van der Waals surface area contributed by atoms with Gasteiger partial charge in [-0.05, 0) is 52.0 Å². The highest BCUT2D eigenvalue weighted by Crippen LogP contribution is 2.33. The highest BCUT2D eigenvalue weighted by atomic mass is 16.5. The first kappa shape index (κ1) is 18.4. The highest BCUT2D eigenvalue weighted by Gasteiger charge is 2.45. The van der Waals surface area contributed by atoms with Crippen molar-refractivity contribution in [1.29, 1.82) is 0 Å². The molecule has 0 aromatic heterocycles. The monoisotopic (exact) mass is 298 g/mol. The maximum Gasteiger partial charge on any atom is 0.326 e. The van der Waals surface area contributed by atoms with Gasteiger partial charge in [-0.15, -0.1) is 0 Å². The number of carbonyl (C=O) groups excluding carboxylic acids is 1. The van der Waals surface area contributed by atoms with Crippen molar-refractivity contribution in [2.45, 2.75) is 77.9 Å². The van der Waals surface area contributed by atoms with Gasteiger partial charge in [0.05, 0.1) is 7.11 Å². The smallest absolute Gasteiger partial charge is 0.326 e. The summed E-state index contributed by atoms with van der Waals surface area (Å²) in [7, 11) is 1.50. The lowest BCUT2D eigenvalue weighted by atomic mass is 9.77. The number of hydrogen-bond acceptors (Lipinski definition) is 4. The lowest BCUT2D eigenvalue weighted by Gasteiger charge is -2.44. The van der Waals surface area contributed by atoms with Gasteiger partial charge in [0.25, 0.3) is 0 Å². The van der Waals surface area contributed by atoms with Gasteiger partial charge in [0.15, 0.2) is 0 Å². The Labute approximate surface area is 130 Å². The molecule has 0 amide bonds. The van der Waals surface area contributed by atoms with Gasteiger partial charge in [0, 0.05) is 18.6 Å². The normalized spacial score (nSPS) is 26.6. The van der Waals surface area contributed by atoms with Crippen LogP contribution in [0.5, 0.6) is 0 Å². The molecule has 2 unspecified atom stereocenters. The minimum Gasteiger partial charge on any atom is -0.468 e. The molecule has 0 spiro atoms. The van der Waals surface area contributed by atoms with Crippen LogP contribution in [0.15, 0.2) is 0 Å². The van der Waals surface area contributed by atoms with E-state index in [0.717, 1.165) is 32.4 Å². The molecule has 1 fully saturated rings. The molecule has 1 aliphatic rings. The fourth-order valence-corrected chi connectivity index (χ4v) is 3.69. The molecule has 1 saturated carbocycles. The van der Waals surface area contributed by atoms with Crippen molar-refractivity contribution in [3.63, 3.8) is 0 Å². The van der Waals surface area contributed by atoms with Crippen molar-refractivity contribution in [1.82, 2.24) is 10.2 Å². The Morgan fingerprint density at radius 2 is 2.05 bits per heavy atom. The Hall–Kier alpha value is -0.610. The van der Waals surface area contributed by atoms with Crippen molar-refractivity contribution < 1.29 is 9.53 Å². The van der Waals surface area contributed by atoms with E-state index in [1.54, 1.807) is 0 Å². The molecule has 0 saturated heterocycles. The van der Waals surface area contributed by atoms with Crippen LogP contribution in [-0.4, -0.2) is 48.7 Å². The first-order chi connectivity index (χ1) is 9.84. The molecular weight excluding hydrogens is 264 g/mol. The van der Waals surface area contributed by atoms with Crippen LogP contribution in [-0.2, 0) is 9.53 Å². The number of nitrogens with one attached hydrogen (secondary N) is 1. The summed E-state index contributed by atoms with van der Waals surface area (Å²) in [5.41, 5.74) is -0.504. The number of esters is 1. The molecule has 0 radical (unpaired) electrons. The van der Waals surface area contributed by atoms with E-state index >= 15 is 0 Å². The molecule has 4 nitrogen and oxygen atoms in total. The molecule has 0 bridgehead atoms. The van der Waals surface area contributed by atoms with Crippen LogP contribution >= 0.6 is 0 Å². The van der Waals surface area contributed by atoms with Crippen molar-refractivity contribution in [2.24, 2.45) is 5.92 Å². The molecule has 2 atom stereocenters. The summed E-state index contributed by atoms with van der Waals surface area (Å²) in [6, 6.07) is 0.750. The fraction of sp³-hybridized carbons (Fsp3) is 0.941. The number of rotatable bonds is 7. The van der Waals surface area contributed by atoms with E-state index in [9.17, 15) is 4.79 Å². The number of nitrogens with zero attached hydrogens (tertiary/aromatic N) is 1. The number of methoxy groups -OCH3 is 1. The summed E-state index contributed by atoms with van der Waals surface area (Å²) in [6.07, 6.45) is 4.00. The van der Waals surface area contributed by atoms with E-state index in [2.05, 4.69) is 44.8 Å². The largest absolute Gasteiger partial charge is 0.468 e. The van der Waals surface area contributed by atoms with E-state index < -0.39 is 5.54 Å². The van der Waals surface area contributed by atoms with Crippen LogP contribution in [0, 0.1) is 5.92 Å². The average molecular weight is 298 g/mol. The second kappa shape index (κ2) is 8.14. The van der Waals surface area contributed by atoms with Crippen LogP contribution in [0.1, 0.15) is 60.3 Å². The van der Waals surface area contributed by atoms with Gasteiger partial charge in [0.1, 0.15) is 5.54 Å². The Morgan fingerprint density at radius 1 is 1.38 bits per heavy atom. The zero-order chi connectivity index (χ0) is 16.0. The lowest BCUT2D eigenvalue weighted by molar-refractivity contribution is -0.151. The second-order valence-electron chi connectivity index (χ2n) is 7.10. The number of hydrogen-bond donors (Lipinski definition) is 1. The van der Waals surface area contributed by atoms with Crippen molar-refractivity contribution >= 4 is 5.97 Å². The van der Waals surface area contributed by atoms with Crippen LogP contribution < -0.4 is 5.32 Å². The third-order valence-corrected chi connectivity index (χ3v) is 4.39. The minimum atomic E-state index is -0.504. The number of ether oxygens (including phenoxy) is 1. The van der Waals surface area contributed by atoms with Crippen LogP contribution in [0.25, 0.3) is 0 Å². The van der Waals surface area contributed by atoms with E-state index in [4.69, 9.17) is 4.74 Å². The molecule has 0 aliphatic heterocycles. The predicted octanol–water partition coefficient (Wildman–Crippen LogP) is 2.82. The Kier molecular flexibility index (Phi) is 7.14. The van der Waals surface area contributed by atoms with Gasteiger partial charge in [-0.3, -0.25) is 10.1 Å². The summed E-state index contributed by atoms with van der Waals surface area (Å²) < 4.78 is 5.12. The third kappa shape index (κ3) is 4.96. The molecule has 1 rings (SSSR count). The molecule has 1 N–H and O–H groups in total. The van der Waals surface area contributed by atoms with Gasteiger partial charge in [-0.25, -0.2) is 0 Å². The summed E-state index contributed by atoms with van der Waals surface area (Å²) in [5.74, 6) is 0.555. The first-order valence-electron chi connectivity index (χ1n) is 8.44. The van der Waals surface area contributed by atoms with Crippen molar-refractivity contribution in [2.75, 3.05) is 20.2 Å². The van der Waals surface area contributed by atoms with Crippen LogP contribution in [0.3, 0.4) is 0 Å². The summed E-state index contributed by atoms with van der Waals surface area (Å²) in [6.45, 7) is 13.1. The lowest BCUT2D eigenvalue weighted by Crippen LogP contribution is -2.60. The van der Waals surface area contributed by atoms with Gasteiger partial charge in [-0.1, -0.05) is 20.8 Å².